The Kier molecular flexibility index (Phi) is 16.6. The van der Waals surface area contributed by atoms with Gasteiger partial charge in [-0.3, -0.25) is 9.59 Å². The normalized spacial score (nSPS) is 13.3. The number of rotatable bonds is 16. The zero-order valence-corrected chi connectivity index (χ0v) is 16.8. The first kappa shape index (κ1) is 24.5. The van der Waals surface area contributed by atoms with E-state index in [9.17, 15) is 9.59 Å². The molecule has 0 saturated carbocycles. The predicted octanol–water partition coefficient (Wildman–Crippen LogP) is 1.54. The van der Waals surface area contributed by atoms with E-state index in [0.717, 1.165) is 0 Å². The molecule has 0 amide bonds. The first-order chi connectivity index (χ1) is 12.0. The average Bonchev–Trinajstić information content (AvgIpc) is 2.63. The van der Waals surface area contributed by atoms with Gasteiger partial charge in [-0.2, -0.15) is 25.3 Å². The summed E-state index contributed by atoms with van der Waals surface area (Å²) in [6, 6.07) is 0. The highest BCUT2D eigenvalue weighted by atomic mass is 32.1. The summed E-state index contributed by atoms with van der Waals surface area (Å²) in [5, 5.41) is -0.754. The van der Waals surface area contributed by atoms with E-state index in [2.05, 4.69) is 25.3 Å². The third kappa shape index (κ3) is 14.4. The van der Waals surface area contributed by atoms with Crippen molar-refractivity contribution >= 4 is 37.2 Å². The number of esters is 2. The minimum absolute atomic E-state index is 0.211. The molecule has 0 aromatic heterocycles. The van der Waals surface area contributed by atoms with E-state index in [0.29, 0.717) is 52.5 Å². The molecule has 2 unspecified atom stereocenters. The lowest BCUT2D eigenvalue weighted by atomic mass is 10.3. The van der Waals surface area contributed by atoms with Crippen molar-refractivity contribution in [2.45, 2.75) is 37.2 Å². The van der Waals surface area contributed by atoms with Crippen molar-refractivity contribution in [2.24, 2.45) is 0 Å². The molecular formula is C16H30O7S2. The highest BCUT2D eigenvalue weighted by Gasteiger charge is 2.12. The third-order valence-electron chi connectivity index (χ3n) is 3.01. The van der Waals surface area contributed by atoms with Crippen LogP contribution in [-0.4, -0.2) is 75.3 Å². The summed E-state index contributed by atoms with van der Waals surface area (Å²) in [6.07, 6.45) is 1.27. The van der Waals surface area contributed by atoms with Crippen LogP contribution in [0.4, 0.5) is 0 Å². The molecule has 0 aliphatic carbocycles. The van der Waals surface area contributed by atoms with Gasteiger partial charge in [-0.05, 0) is 12.8 Å². The molecule has 0 aromatic carbocycles. The van der Waals surface area contributed by atoms with Crippen LogP contribution >= 0.6 is 25.3 Å². The van der Waals surface area contributed by atoms with Crippen LogP contribution in [0.1, 0.15) is 26.7 Å². The Morgan fingerprint density at radius 2 is 0.920 bits per heavy atom. The zero-order chi connectivity index (χ0) is 18.9. The lowest BCUT2D eigenvalue weighted by Crippen LogP contribution is -2.20. The Hall–Kier alpha value is -0.480. The zero-order valence-electron chi connectivity index (χ0n) is 15.0. The van der Waals surface area contributed by atoms with Gasteiger partial charge in [-0.1, -0.05) is 13.8 Å². The average molecular weight is 399 g/mol. The van der Waals surface area contributed by atoms with E-state index < -0.39 is 0 Å². The van der Waals surface area contributed by atoms with Gasteiger partial charge in [0.05, 0.1) is 50.1 Å². The molecule has 0 heterocycles. The fourth-order valence-electron chi connectivity index (χ4n) is 1.47. The maximum atomic E-state index is 11.3. The Morgan fingerprint density at radius 1 is 0.640 bits per heavy atom. The third-order valence-corrected chi connectivity index (χ3v) is 4.16. The monoisotopic (exact) mass is 398 g/mol. The van der Waals surface area contributed by atoms with Gasteiger partial charge in [-0.25, -0.2) is 0 Å². The lowest BCUT2D eigenvalue weighted by molar-refractivity contribution is -0.145. The van der Waals surface area contributed by atoms with Crippen molar-refractivity contribution in [3.8, 4) is 0 Å². The van der Waals surface area contributed by atoms with E-state index in [4.69, 9.17) is 23.7 Å². The largest absolute Gasteiger partial charge is 0.462 e. The molecule has 0 radical (unpaired) electrons. The van der Waals surface area contributed by atoms with Crippen LogP contribution in [0.15, 0.2) is 0 Å². The minimum Gasteiger partial charge on any atom is -0.462 e. The number of hydrogen-bond donors (Lipinski definition) is 2. The first-order valence-electron chi connectivity index (χ1n) is 8.45. The molecule has 9 heteroatoms. The van der Waals surface area contributed by atoms with Crippen LogP contribution in [0.25, 0.3) is 0 Å². The maximum absolute atomic E-state index is 11.3. The number of carbonyl (C=O) groups excluding carboxylic acids is 2. The number of hydrogen-bond acceptors (Lipinski definition) is 9. The van der Waals surface area contributed by atoms with Crippen LogP contribution in [0.2, 0.25) is 0 Å². The fourth-order valence-corrected chi connectivity index (χ4v) is 1.62. The summed E-state index contributed by atoms with van der Waals surface area (Å²) in [5.74, 6) is -0.652. The van der Waals surface area contributed by atoms with Crippen molar-refractivity contribution in [3.63, 3.8) is 0 Å². The van der Waals surface area contributed by atoms with E-state index in [-0.39, 0.29) is 35.7 Å². The van der Waals surface area contributed by atoms with E-state index >= 15 is 0 Å². The Balaban J connectivity index is 3.24. The molecule has 2 atom stereocenters. The Morgan fingerprint density at radius 3 is 1.20 bits per heavy atom. The molecule has 7 nitrogen and oxygen atoms in total. The summed E-state index contributed by atoms with van der Waals surface area (Å²) < 4.78 is 25.8. The van der Waals surface area contributed by atoms with Crippen molar-refractivity contribution in [3.05, 3.63) is 0 Å². The number of carbonyl (C=O) groups is 2. The summed E-state index contributed by atoms with van der Waals surface area (Å²) in [5.41, 5.74) is 0. The standard InChI is InChI=1S/C16H30O7S2/c1-3-13(24)15(17)22-11-9-20-7-5-19-6-8-21-10-12-23-16(18)14(25)4-2/h13-14,24-25H,3-12H2,1-2H3. The van der Waals surface area contributed by atoms with Crippen LogP contribution in [0, 0.1) is 0 Å². The van der Waals surface area contributed by atoms with Gasteiger partial charge in [0.2, 0.25) is 0 Å². The van der Waals surface area contributed by atoms with Crippen molar-refractivity contribution < 1.29 is 33.3 Å². The van der Waals surface area contributed by atoms with E-state index in [1.54, 1.807) is 0 Å². The lowest BCUT2D eigenvalue weighted by Gasteiger charge is -2.10. The smallest absolute Gasteiger partial charge is 0.318 e. The summed E-state index contributed by atoms with van der Waals surface area (Å²) >= 11 is 8.17. The summed E-state index contributed by atoms with van der Waals surface area (Å²) in [4.78, 5) is 22.6. The van der Waals surface area contributed by atoms with Crippen molar-refractivity contribution in [1.29, 1.82) is 0 Å². The van der Waals surface area contributed by atoms with E-state index in [1.807, 2.05) is 13.8 Å². The number of thiol groups is 2. The molecule has 0 aliphatic rings. The van der Waals surface area contributed by atoms with Crippen LogP contribution < -0.4 is 0 Å². The Bertz CT molecular complexity index is 323. The minimum atomic E-state index is -0.377. The van der Waals surface area contributed by atoms with E-state index in [1.165, 1.54) is 0 Å². The van der Waals surface area contributed by atoms with Crippen LogP contribution in [-0.2, 0) is 33.3 Å². The van der Waals surface area contributed by atoms with Crippen LogP contribution in [0.5, 0.6) is 0 Å². The SMILES string of the molecule is CCC(S)C(=O)OCCOCCOCCOCCOC(=O)C(S)CC. The molecule has 0 N–H and O–H groups in total. The predicted molar refractivity (Wildman–Crippen MR) is 101 cm³/mol. The van der Waals surface area contributed by atoms with Gasteiger partial charge in [0, 0.05) is 0 Å². The molecule has 0 saturated heterocycles. The second kappa shape index (κ2) is 17.0. The van der Waals surface area contributed by atoms with Gasteiger partial charge in [0.25, 0.3) is 0 Å². The highest BCUT2D eigenvalue weighted by Crippen LogP contribution is 2.03. The van der Waals surface area contributed by atoms with Gasteiger partial charge in [0.1, 0.15) is 13.2 Å². The Labute approximate surface area is 160 Å². The maximum Gasteiger partial charge on any atom is 0.318 e. The highest BCUT2D eigenvalue weighted by molar-refractivity contribution is 7.82. The molecule has 25 heavy (non-hydrogen) atoms. The molecule has 0 fully saturated rings. The fraction of sp³-hybridized carbons (Fsp3) is 0.875. The summed E-state index contributed by atoms with van der Waals surface area (Å²) in [7, 11) is 0. The molecular weight excluding hydrogens is 368 g/mol. The molecule has 0 spiro atoms. The molecule has 148 valence electrons. The van der Waals surface area contributed by atoms with Crippen molar-refractivity contribution in [2.75, 3.05) is 52.9 Å². The van der Waals surface area contributed by atoms with Crippen molar-refractivity contribution in [1.82, 2.24) is 0 Å². The second-order valence-corrected chi connectivity index (χ2v) is 6.27. The molecule has 0 aromatic rings. The molecule has 0 aliphatic heterocycles. The van der Waals surface area contributed by atoms with Gasteiger partial charge < -0.3 is 23.7 Å². The molecule has 0 bridgehead atoms. The molecule has 0 rings (SSSR count). The van der Waals surface area contributed by atoms with Gasteiger partial charge in [0.15, 0.2) is 0 Å². The number of ether oxygens (including phenoxy) is 5. The second-order valence-electron chi connectivity index (χ2n) is 5.02. The quantitative estimate of drug-likeness (QED) is 0.232. The van der Waals surface area contributed by atoms with Crippen LogP contribution in [0.3, 0.4) is 0 Å². The van der Waals surface area contributed by atoms with Gasteiger partial charge in [-0.15, -0.1) is 0 Å². The summed E-state index contributed by atoms with van der Waals surface area (Å²) in [6.45, 7) is 6.48. The van der Waals surface area contributed by atoms with Gasteiger partial charge >= 0.3 is 11.9 Å². The first-order valence-corrected chi connectivity index (χ1v) is 9.48. The topological polar surface area (TPSA) is 80.3 Å².